The van der Waals surface area contributed by atoms with E-state index in [1.807, 2.05) is 24.3 Å². The van der Waals surface area contributed by atoms with Crippen molar-refractivity contribution in [2.45, 2.75) is 26.8 Å². The van der Waals surface area contributed by atoms with Crippen LogP contribution in [-0.4, -0.2) is 16.4 Å². The molecule has 0 saturated heterocycles. The van der Waals surface area contributed by atoms with Crippen LogP contribution in [0.4, 0.5) is 11.6 Å². The molecule has 2 aromatic rings. The molecular formula is C15H19N5O. The zero-order chi connectivity index (χ0) is 15.4. The van der Waals surface area contributed by atoms with Crippen LogP contribution in [0.25, 0.3) is 0 Å². The summed E-state index contributed by atoms with van der Waals surface area (Å²) < 4.78 is 7.23. The first-order chi connectivity index (χ1) is 10.0. The Balaban J connectivity index is 1.88. The quantitative estimate of drug-likeness (QED) is 0.818. The Bertz CT molecular complexity index is 684. The van der Waals surface area contributed by atoms with Gasteiger partial charge in [-0.1, -0.05) is 6.07 Å². The molecule has 110 valence electrons. The predicted molar refractivity (Wildman–Crippen MR) is 81.8 cm³/mol. The van der Waals surface area contributed by atoms with Gasteiger partial charge in [-0.3, -0.25) is 0 Å². The van der Waals surface area contributed by atoms with E-state index in [0.29, 0.717) is 19.0 Å². The lowest BCUT2D eigenvalue weighted by atomic mass is 10.1. The van der Waals surface area contributed by atoms with Crippen molar-refractivity contribution in [2.75, 3.05) is 18.1 Å². The van der Waals surface area contributed by atoms with E-state index in [0.717, 1.165) is 12.2 Å². The Labute approximate surface area is 123 Å². The van der Waals surface area contributed by atoms with Crippen LogP contribution in [0, 0.1) is 25.2 Å². The summed E-state index contributed by atoms with van der Waals surface area (Å²) in [5, 5.41) is 12.9. The van der Waals surface area contributed by atoms with E-state index in [-0.39, 0.29) is 11.4 Å². The number of anilines is 2. The fourth-order valence-electron chi connectivity index (χ4n) is 1.99. The number of nitrogens with two attached hydrogens (primary N) is 2. The van der Waals surface area contributed by atoms with Gasteiger partial charge in [0.05, 0.1) is 6.61 Å². The number of nitriles is 1. The molecule has 0 atom stereocenters. The first kappa shape index (κ1) is 14.7. The van der Waals surface area contributed by atoms with Crippen molar-refractivity contribution in [3.63, 3.8) is 0 Å². The smallest absolute Gasteiger partial charge is 0.165 e. The fourth-order valence-corrected chi connectivity index (χ4v) is 1.99. The summed E-state index contributed by atoms with van der Waals surface area (Å²) in [6.07, 6.45) is 0.725. The van der Waals surface area contributed by atoms with E-state index in [1.54, 1.807) is 0 Å². The van der Waals surface area contributed by atoms with Crippen molar-refractivity contribution in [1.29, 1.82) is 5.26 Å². The second-order valence-corrected chi connectivity index (χ2v) is 4.93. The van der Waals surface area contributed by atoms with Crippen molar-refractivity contribution in [3.05, 3.63) is 34.9 Å². The molecule has 1 heterocycles. The van der Waals surface area contributed by atoms with Gasteiger partial charge < -0.3 is 16.2 Å². The van der Waals surface area contributed by atoms with Crippen molar-refractivity contribution in [1.82, 2.24) is 9.78 Å². The van der Waals surface area contributed by atoms with E-state index in [9.17, 15) is 0 Å². The molecule has 0 spiro atoms. The van der Waals surface area contributed by atoms with Crippen LogP contribution >= 0.6 is 0 Å². The number of aryl methyl sites for hydroxylation is 3. The van der Waals surface area contributed by atoms with Crippen molar-refractivity contribution >= 4 is 11.6 Å². The van der Waals surface area contributed by atoms with Gasteiger partial charge >= 0.3 is 0 Å². The molecule has 6 heteroatoms. The molecule has 1 aromatic carbocycles. The summed E-state index contributed by atoms with van der Waals surface area (Å²) in [5.74, 6) is 1.33. The first-order valence-corrected chi connectivity index (χ1v) is 6.75. The van der Waals surface area contributed by atoms with E-state index >= 15 is 0 Å². The zero-order valence-corrected chi connectivity index (χ0v) is 12.3. The van der Waals surface area contributed by atoms with Crippen LogP contribution in [0.2, 0.25) is 0 Å². The highest BCUT2D eigenvalue weighted by atomic mass is 16.5. The maximum atomic E-state index is 8.89. The lowest BCUT2D eigenvalue weighted by Gasteiger charge is -2.09. The van der Waals surface area contributed by atoms with Crippen molar-refractivity contribution in [3.8, 4) is 11.8 Å². The molecule has 0 saturated carbocycles. The average Bonchev–Trinajstić information content (AvgIpc) is 2.73. The average molecular weight is 285 g/mol. The molecule has 0 aliphatic carbocycles. The SMILES string of the molecule is Cc1ccc(OCCCn2nc(N)c(C#N)c2N)cc1C. The van der Waals surface area contributed by atoms with Gasteiger partial charge in [-0.05, 0) is 37.1 Å². The molecule has 21 heavy (non-hydrogen) atoms. The minimum Gasteiger partial charge on any atom is -0.494 e. The molecule has 0 aliphatic heterocycles. The topological polar surface area (TPSA) is 103 Å². The van der Waals surface area contributed by atoms with Crippen LogP contribution in [0.3, 0.4) is 0 Å². The molecule has 0 fully saturated rings. The van der Waals surface area contributed by atoms with Crippen molar-refractivity contribution < 1.29 is 4.74 Å². The second kappa shape index (κ2) is 6.18. The molecule has 6 nitrogen and oxygen atoms in total. The van der Waals surface area contributed by atoms with Gasteiger partial charge in [0.2, 0.25) is 0 Å². The molecule has 0 unspecified atom stereocenters. The highest BCUT2D eigenvalue weighted by molar-refractivity contribution is 5.61. The Morgan fingerprint density at radius 1 is 1.29 bits per heavy atom. The number of ether oxygens (including phenoxy) is 1. The van der Waals surface area contributed by atoms with E-state index in [4.69, 9.17) is 21.5 Å². The standard InChI is InChI=1S/C15H19N5O/c1-10-4-5-12(8-11(10)2)21-7-3-6-20-15(18)13(9-16)14(17)19-20/h4-5,8H,3,6-7,18H2,1-2H3,(H2,17,19). The molecule has 4 N–H and O–H groups in total. The number of nitrogen functional groups attached to an aromatic ring is 2. The Morgan fingerprint density at radius 3 is 2.67 bits per heavy atom. The third-order valence-corrected chi connectivity index (χ3v) is 3.39. The summed E-state index contributed by atoms with van der Waals surface area (Å²) in [7, 11) is 0. The zero-order valence-electron chi connectivity index (χ0n) is 12.3. The number of aromatic nitrogens is 2. The fraction of sp³-hybridized carbons (Fsp3) is 0.333. The molecule has 0 amide bonds. The van der Waals surface area contributed by atoms with Crippen LogP contribution in [-0.2, 0) is 6.54 Å². The van der Waals surface area contributed by atoms with Gasteiger partial charge in [0.15, 0.2) is 5.82 Å². The monoisotopic (exact) mass is 285 g/mol. The molecule has 0 bridgehead atoms. The minimum atomic E-state index is 0.171. The highest BCUT2D eigenvalue weighted by Gasteiger charge is 2.12. The second-order valence-electron chi connectivity index (χ2n) is 4.93. The number of benzene rings is 1. The largest absolute Gasteiger partial charge is 0.494 e. The predicted octanol–water partition coefficient (Wildman–Crippen LogP) is 2.01. The van der Waals surface area contributed by atoms with Gasteiger partial charge in [-0.15, -0.1) is 0 Å². The maximum Gasteiger partial charge on any atom is 0.165 e. The molecular weight excluding hydrogens is 266 g/mol. The summed E-state index contributed by atoms with van der Waals surface area (Å²) in [5.41, 5.74) is 14.1. The normalized spacial score (nSPS) is 10.3. The van der Waals surface area contributed by atoms with E-state index in [2.05, 4.69) is 18.9 Å². The van der Waals surface area contributed by atoms with Crippen LogP contribution in [0.1, 0.15) is 23.1 Å². The number of nitrogens with zero attached hydrogens (tertiary/aromatic N) is 3. The Morgan fingerprint density at radius 2 is 2.05 bits per heavy atom. The van der Waals surface area contributed by atoms with Gasteiger partial charge in [0, 0.05) is 13.0 Å². The Kier molecular flexibility index (Phi) is 4.33. The molecule has 0 radical (unpaired) electrons. The third-order valence-electron chi connectivity index (χ3n) is 3.39. The summed E-state index contributed by atoms with van der Waals surface area (Å²) in [4.78, 5) is 0. The van der Waals surface area contributed by atoms with Gasteiger partial charge in [0.1, 0.15) is 23.2 Å². The summed E-state index contributed by atoms with van der Waals surface area (Å²) in [6.45, 7) is 5.22. The van der Waals surface area contributed by atoms with Crippen molar-refractivity contribution in [2.24, 2.45) is 0 Å². The Hall–Kier alpha value is -2.68. The first-order valence-electron chi connectivity index (χ1n) is 6.75. The van der Waals surface area contributed by atoms with Gasteiger partial charge in [0.25, 0.3) is 0 Å². The third kappa shape index (κ3) is 3.26. The number of hydrogen-bond acceptors (Lipinski definition) is 5. The summed E-state index contributed by atoms with van der Waals surface area (Å²) >= 11 is 0. The highest BCUT2D eigenvalue weighted by Crippen LogP contribution is 2.18. The van der Waals surface area contributed by atoms with E-state index in [1.165, 1.54) is 15.8 Å². The van der Waals surface area contributed by atoms with Gasteiger partial charge in [-0.2, -0.15) is 10.4 Å². The molecule has 0 aliphatic rings. The minimum absolute atomic E-state index is 0.171. The maximum absolute atomic E-state index is 8.89. The van der Waals surface area contributed by atoms with Crippen LogP contribution in [0.5, 0.6) is 5.75 Å². The van der Waals surface area contributed by atoms with E-state index < -0.39 is 0 Å². The molecule has 2 rings (SSSR count). The molecule has 1 aromatic heterocycles. The number of hydrogen-bond donors (Lipinski definition) is 2. The van der Waals surface area contributed by atoms with Crippen LogP contribution in [0.15, 0.2) is 18.2 Å². The van der Waals surface area contributed by atoms with Crippen LogP contribution < -0.4 is 16.2 Å². The lowest BCUT2D eigenvalue weighted by Crippen LogP contribution is -2.09. The van der Waals surface area contributed by atoms with Gasteiger partial charge in [-0.25, -0.2) is 4.68 Å². The number of rotatable bonds is 5. The lowest BCUT2D eigenvalue weighted by molar-refractivity contribution is 0.299. The summed E-state index contributed by atoms with van der Waals surface area (Å²) in [6, 6.07) is 7.96.